The Kier molecular flexibility index (Phi) is 18.6. The fourth-order valence-corrected chi connectivity index (χ4v) is 9.03. The molecule has 4 aliphatic carbocycles. The van der Waals surface area contributed by atoms with Crippen molar-refractivity contribution in [3.05, 3.63) is 58.7 Å². The Morgan fingerprint density at radius 2 is 0.667 bits per heavy atom. The van der Waals surface area contributed by atoms with Crippen LogP contribution in [0.1, 0.15) is 170 Å². The van der Waals surface area contributed by atoms with Gasteiger partial charge in [-0.2, -0.15) is 0 Å². The van der Waals surface area contributed by atoms with Gasteiger partial charge in [0.2, 0.25) is 0 Å². The summed E-state index contributed by atoms with van der Waals surface area (Å²) in [7, 11) is -9.93. The van der Waals surface area contributed by atoms with Gasteiger partial charge in [0, 0.05) is 0 Å². The van der Waals surface area contributed by atoms with Crippen molar-refractivity contribution >= 4 is 93.0 Å². The summed E-state index contributed by atoms with van der Waals surface area (Å²) in [5.74, 6) is -3.09. The van der Waals surface area contributed by atoms with E-state index < -0.39 is 53.9 Å². The van der Waals surface area contributed by atoms with Gasteiger partial charge in [0.1, 0.15) is 44.7 Å². The average Bonchev–Trinajstić information content (AvgIpc) is 3.18. The molecule has 57 heavy (non-hydrogen) atoms. The standard InChI is InChI=1S/2C20H26O7S.Ba/c2*21-19(26-15-7-3-1-4-8-15)14-11-12-17(18(13-14)28(23,24)25)20(22)27-16-9-5-2-6-10-16;/h2*11-13,15-16H,1-10H2,(H,23,24,25);/q;;+2/p-2. The first kappa shape index (κ1) is 47.4. The van der Waals surface area contributed by atoms with Crippen molar-refractivity contribution in [2.24, 2.45) is 0 Å². The van der Waals surface area contributed by atoms with Crippen LogP contribution in [-0.2, 0) is 39.2 Å². The molecule has 17 heteroatoms. The number of benzene rings is 2. The summed E-state index contributed by atoms with van der Waals surface area (Å²) < 4.78 is 91.8. The molecular weight excluding hydrogens is 906 g/mol. The fraction of sp³-hybridized carbons (Fsp3) is 0.600. The van der Waals surface area contributed by atoms with Crippen LogP contribution < -0.4 is 0 Å². The second-order valence-corrected chi connectivity index (χ2v) is 17.7. The number of hydrogen-bond donors (Lipinski definition) is 0. The molecule has 2 aromatic carbocycles. The van der Waals surface area contributed by atoms with E-state index in [1.165, 1.54) is 12.1 Å². The largest absolute Gasteiger partial charge is 2.00 e. The third-order valence-corrected chi connectivity index (χ3v) is 12.5. The summed E-state index contributed by atoms with van der Waals surface area (Å²) in [5, 5.41) is 0. The maximum absolute atomic E-state index is 12.4. The number of ether oxygens (including phenoxy) is 4. The third-order valence-electron chi connectivity index (χ3n) is 10.7. The molecule has 308 valence electrons. The molecule has 14 nitrogen and oxygen atoms in total. The van der Waals surface area contributed by atoms with Gasteiger partial charge in [0.25, 0.3) is 0 Å². The second kappa shape index (κ2) is 22.4. The van der Waals surface area contributed by atoms with E-state index in [4.69, 9.17) is 18.9 Å². The second-order valence-electron chi connectivity index (χ2n) is 15.0. The Morgan fingerprint density at radius 3 is 0.912 bits per heavy atom. The van der Waals surface area contributed by atoms with E-state index in [0.717, 1.165) is 153 Å². The zero-order valence-corrected chi connectivity index (χ0v) is 38.2. The molecule has 0 atom stereocenters. The van der Waals surface area contributed by atoms with Gasteiger partial charge in [-0.3, -0.25) is 0 Å². The molecule has 4 aliphatic rings. The maximum Gasteiger partial charge on any atom is 2.00 e. The molecule has 0 aliphatic heterocycles. The molecule has 0 spiro atoms. The van der Waals surface area contributed by atoms with Gasteiger partial charge in [0.15, 0.2) is 0 Å². The van der Waals surface area contributed by atoms with Crippen LogP contribution in [0.25, 0.3) is 0 Å². The number of carbonyl (C=O) groups is 4. The zero-order chi connectivity index (χ0) is 40.3. The Balaban J connectivity index is 0.000000248. The minimum atomic E-state index is -4.97. The first-order chi connectivity index (χ1) is 26.7. The van der Waals surface area contributed by atoms with Gasteiger partial charge < -0.3 is 28.1 Å². The number of rotatable bonds is 10. The smallest absolute Gasteiger partial charge is 0.744 e. The van der Waals surface area contributed by atoms with E-state index in [1.807, 2.05) is 0 Å². The zero-order valence-electron chi connectivity index (χ0n) is 32.2. The van der Waals surface area contributed by atoms with Gasteiger partial charge in [-0.25, -0.2) is 36.0 Å². The van der Waals surface area contributed by atoms with E-state index in [-0.39, 0.29) is 95.6 Å². The molecule has 0 saturated heterocycles. The predicted octanol–water partition coefficient (Wildman–Crippen LogP) is 6.76. The molecule has 4 fully saturated rings. The predicted molar refractivity (Wildman–Crippen MR) is 204 cm³/mol. The Labute approximate surface area is 375 Å². The summed E-state index contributed by atoms with van der Waals surface area (Å²) in [6.07, 6.45) is 17.0. The van der Waals surface area contributed by atoms with E-state index in [0.29, 0.717) is 0 Å². The van der Waals surface area contributed by atoms with E-state index in [1.54, 1.807) is 0 Å². The minimum Gasteiger partial charge on any atom is -0.744 e. The normalized spacial score (nSPS) is 18.8. The molecular formula is C40H50BaO14S2. The average molecular weight is 956 g/mol. The van der Waals surface area contributed by atoms with Crippen molar-refractivity contribution in [1.29, 1.82) is 0 Å². The molecule has 0 heterocycles. The monoisotopic (exact) mass is 956 g/mol. The summed E-state index contributed by atoms with van der Waals surface area (Å²) in [6.45, 7) is 0. The molecule has 0 unspecified atom stereocenters. The van der Waals surface area contributed by atoms with E-state index >= 15 is 0 Å². The summed E-state index contributed by atoms with van der Waals surface area (Å²) in [4.78, 5) is 48.1. The van der Waals surface area contributed by atoms with Crippen molar-refractivity contribution in [2.75, 3.05) is 0 Å². The van der Waals surface area contributed by atoms with Crippen molar-refractivity contribution in [1.82, 2.24) is 0 Å². The molecule has 0 N–H and O–H groups in total. The van der Waals surface area contributed by atoms with Crippen molar-refractivity contribution in [2.45, 2.75) is 163 Å². The molecule has 0 radical (unpaired) electrons. The van der Waals surface area contributed by atoms with Gasteiger partial charge in [-0.1, -0.05) is 25.7 Å². The van der Waals surface area contributed by atoms with Crippen LogP contribution in [-0.4, -0.2) is 123 Å². The topological polar surface area (TPSA) is 220 Å². The SMILES string of the molecule is O=C(OC1CCCCC1)c1ccc(C(=O)OC2CCCCC2)c(S(=O)(=O)[O-])c1.O=C(OC1CCCCC1)c1ccc(C(=O)OC2CCCCC2)c(S(=O)(=O)[O-])c1.[Ba+2]. The molecule has 4 saturated carbocycles. The summed E-state index contributed by atoms with van der Waals surface area (Å²) in [6, 6.07) is 6.77. The van der Waals surface area contributed by atoms with E-state index in [2.05, 4.69) is 0 Å². The van der Waals surface area contributed by atoms with Gasteiger partial charge in [-0.05, 0) is 139 Å². The van der Waals surface area contributed by atoms with Crippen molar-refractivity contribution in [3.8, 4) is 0 Å². The summed E-state index contributed by atoms with van der Waals surface area (Å²) in [5.41, 5.74) is -0.798. The van der Waals surface area contributed by atoms with Gasteiger partial charge >= 0.3 is 72.8 Å². The van der Waals surface area contributed by atoms with Crippen LogP contribution in [0.2, 0.25) is 0 Å². The molecule has 0 aromatic heterocycles. The Morgan fingerprint density at radius 1 is 0.421 bits per heavy atom. The first-order valence-electron chi connectivity index (χ1n) is 19.7. The van der Waals surface area contributed by atoms with Gasteiger partial charge in [-0.15, -0.1) is 0 Å². The maximum atomic E-state index is 12.4. The van der Waals surface area contributed by atoms with Crippen molar-refractivity contribution in [3.63, 3.8) is 0 Å². The van der Waals surface area contributed by atoms with Crippen LogP contribution in [0, 0.1) is 0 Å². The van der Waals surface area contributed by atoms with Crippen LogP contribution >= 0.6 is 0 Å². The van der Waals surface area contributed by atoms with E-state index in [9.17, 15) is 45.1 Å². The van der Waals surface area contributed by atoms with Crippen LogP contribution in [0.3, 0.4) is 0 Å². The minimum absolute atomic E-state index is 0. The number of hydrogen-bond acceptors (Lipinski definition) is 14. The van der Waals surface area contributed by atoms with Gasteiger partial charge in [0.05, 0.1) is 32.0 Å². The Bertz CT molecular complexity index is 1780. The number of esters is 4. The number of carbonyl (C=O) groups excluding carboxylic acids is 4. The fourth-order valence-electron chi connectivity index (χ4n) is 7.65. The molecule has 2 aromatic rings. The van der Waals surface area contributed by atoms with Crippen LogP contribution in [0.4, 0.5) is 0 Å². The Hall–Kier alpha value is -2.29. The third kappa shape index (κ3) is 14.4. The quantitative estimate of drug-likeness (QED) is 0.104. The van der Waals surface area contributed by atoms with Crippen molar-refractivity contribution < 1.29 is 64.1 Å². The molecule has 0 amide bonds. The van der Waals surface area contributed by atoms with Crippen LogP contribution in [0.5, 0.6) is 0 Å². The molecule has 6 rings (SSSR count). The van der Waals surface area contributed by atoms with Crippen LogP contribution in [0.15, 0.2) is 46.2 Å². The summed E-state index contributed by atoms with van der Waals surface area (Å²) >= 11 is 0. The first-order valence-corrected chi connectivity index (χ1v) is 22.5. The molecule has 0 bridgehead atoms.